The van der Waals surface area contributed by atoms with Crippen LogP contribution in [0.2, 0.25) is 0 Å². The van der Waals surface area contributed by atoms with Gasteiger partial charge in [0.2, 0.25) is 5.91 Å². The zero-order chi connectivity index (χ0) is 23.1. The van der Waals surface area contributed by atoms with Gasteiger partial charge in [-0.1, -0.05) is 31.4 Å². The Kier molecular flexibility index (Phi) is 7.57. The molecule has 2 aromatic rings. The highest BCUT2D eigenvalue weighted by atomic mass is 32.1. The van der Waals surface area contributed by atoms with Gasteiger partial charge in [-0.15, -0.1) is 11.3 Å². The van der Waals surface area contributed by atoms with Gasteiger partial charge >= 0.3 is 0 Å². The van der Waals surface area contributed by atoms with Gasteiger partial charge in [0.1, 0.15) is 12.1 Å². The van der Waals surface area contributed by atoms with Gasteiger partial charge in [-0.3, -0.25) is 9.59 Å². The molecule has 0 bridgehead atoms. The molecule has 2 fully saturated rings. The monoisotopic (exact) mass is 466 g/mol. The molecule has 0 radical (unpaired) electrons. The van der Waals surface area contributed by atoms with Crippen LogP contribution in [0.1, 0.15) is 55.3 Å². The molecule has 1 saturated heterocycles. The van der Waals surface area contributed by atoms with Gasteiger partial charge in [0.05, 0.1) is 11.8 Å². The van der Waals surface area contributed by atoms with Crippen molar-refractivity contribution in [3.05, 3.63) is 35.2 Å². The molecular formula is C24H30N6O2S. The summed E-state index contributed by atoms with van der Waals surface area (Å²) in [5, 5.41) is 24.2. The van der Waals surface area contributed by atoms with E-state index < -0.39 is 5.54 Å². The minimum atomic E-state index is -0.949. The summed E-state index contributed by atoms with van der Waals surface area (Å²) in [5.74, 6) is -0.549. The fraction of sp³-hybridized carbons (Fsp3) is 0.500. The van der Waals surface area contributed by atoms with Gasteiger partial charge in [-0.2, -0.15) is 5.26 Å². The van der Waals surface area contributed by atoms with Crippen molar-refractivity contribution >= 4 is 28.3 Å². The topological polar surface area (TPSA) is 119 Å². The van der Waals surface area contributed by atoms with E-state index in [1.54, 1.807) is 23.5 Å². The number of nitrogens with zero attached hydrogens (tertiary/aromatic N) is 2. The van der Waals surface area contributed by atoms with E-state index in [2.05, 4.69) is 21.3 Å². The van der Waals surface area contributed by atoms with Crippen LogP contribution in [0.3, 0.4) is 0 Å². The van der Waals surface area contributed by atoms with Crippen LogP contribution < -0.4 is 21.3 Å². The number of nitrogens with one attached hydrogen (secondary N) is 4. The van der Waals surface area contributed by atoms with E-state index in [0.29, 0.717) is 24.4 Å². The number of anilines is 1. The molecule has 4 rings (SSSR count). The van der Waals surface area contributed by atoms with Crippen molar-refractivity contribution in [2.24, 2.45) is 0 Å². The standard InChI is InChI=1S/C24H30N6O2S/c25-12-15-27-22(32)24(10-2-1-3-11-24)30-21(31)18-6-4-17(5-7-18)20-16-33-23(29-20)28-19-8-13-26-14-9-19/h4-7,16,19,26H,1-3,8-11,13-15H2,(H,27,32)(H,28,29)(H,30,31). The number of hydrogen-bond acceptors (Lipinski definition) is 7. The molecule has 0 unspecified atom stereocenters. The first-order valence-electron chi connectivity index (χ1n) is 11.6. The van der Waals surface area contributed by atoms with Gasteiger partial charge in [0.25, 0.3) is 5.91 Å². The normalized spacial score (nSPS) is 18.2. The first-order valence-corrected chi connectivity index (χ1v) is 12.5. The molecule has 33 heavy (non-hydrogen) atoms. The van der Waals surface area contributed by atoms with Crippen LogP contribution in [0.25, 0.3) is 11.3 Å². The number of nitriles is 1. The summed E-state index contributed by atoms with van der Waals surface area (Å²) in [7, 11) is 0. The summed E-state index contributed by atoms with van der Waals surface area (Å²) in [6, 6.07) is 9.71. The Morgan fingerprint density at radius 2 is 1.88 bits per heavy atom. The second-order valence-electron chi connectivity index (χ2n) is 8.72. The number of benzene rings is 1. The fourth-order valence-corrected chi connectivity index (χ4v) is 5.35. The van der Waals surface area contributed by atoms with E-state index in [-0.39, 0.29) is 18.4 Å². The smallest absolute Gasteiger partial charge is 0.252 e. The molecule has 2 amide bonds. The molecule has 0 spiro atoms. The van der Waals surface area contributed by atoms with Crippen molar-refractivity contribution in [3.63, 3.8) is 0 Å². The van der Waals surface area contributed by atoms with E-state index in [1.807, 2.05) is 23.6 Å². The maximum absolute atomic E-state index is 13.0. The lowest BCUT2D eigenvalue weighted by Gasteiger charge is -2.36. The highest BCUT2D eigenvalue weighted by Gasteiger charge is 2.40. The lowest BCUT2D eigenvalue weighted by Crippen LogP contribution is -2.59. The third-order valence-electron chi connectivity index (χ3n) is 6.44. The predicted molar refractivity (Wildman–Crippen MR) is 129 cm³/mol. The fourth-order valence-electron chi connectivity index (χ4n) is 4.55. The molecule has 1 aromatic carbocycles. The first kappa shape index (κ1) is 23.2. The molecular weight excluding hydrogens is 436 g/mol. The van der Waals surface area contributed by atoms with E-state index >= 15 is 0 Å². The number of amides is 2. The molecule has 1 aliphatic heterocycles. The Labute approximate surface area is 198 Å². The van der Waals surface area contributed by atoms with Crippen molar-refractivity contribution in [1.82, 2.24) is 20.9 Å². The number of aromatic nitrogens is 1. The second-order valence-corrected chi connectivity index (χ2v) is 9.58. The van der Waals surface area contributed by atoms with Gasteiger partial charge in [-0.25, -0.2) is 4.98 Å². The highest BCUT2D eigenvalue weighted by molar-refractivity contribution is 7.14. The maximum atomic E-state index is 13.0. The molecule has 2 heterocycles. The van der Waals surface area contributed by atoms with E-state index in [0.717, 1.165) is 61.6 Å². The average molecular weight is 467 g/mol. The predicted octanol–water partition coefficient (Wildman–Crippen LogP) is 3.05. The van der Waals surface area contributed by atoms with Crippen LogP contribution in [-0.2, 0) is 4.79 Å². The average Bonchev–Trinajstić information content (AvgIpc) is 3.32. The van der Waals surface area contributed by atoms with Crippen molar-refractivity contribution in [2.75, 3.05) is 25.0 Å². The summed E-state index contributed by atoms with van der Waals surface area (Å²) in [4.78, 5) is 30.4. The quantitative estimate of drug-likeness (QED) is 0.466. The van der Waals surface area contributed by atoms with Crippen LogP contribution >= 0.6 is 11.3 Å². The first-order chi connectivity index (χ1) is 16.1. The third-order valence-corrected chi connectivity index (χ3v) is 7.21. The van der Waals surface area contributed by atoms with Crippen molar-refractivity contribution < 1.29 is 9.59 Å². The Morgan fingerprint density at radius 3 is 2.58 bits per heavy atom. The Balaban J connectivity index is 1.41. The number of carbonyl (C=O) groups is 2. The molecule has 0 atom stereocenters. The largest absolute Gasteiger partial charge is 0.359 e. The molecule has 1 aliphatic carbocycles. The summed E-state index contributed by atoms with van der Waals surface area (Å²) < 4.78 is 0. The van der Waals surface area contributed by atoms with E-state index in [9.17, 15) is 9.59 Å². The van der Waals surface area contributed by atoms with Gasteiger partial charge in [0, 0.05) is 22.5 Å². The van der Waals surface area contributed by atoms with Gasteiger partial charge in [0.15, 0.2) is 5.13 Å². The summed E-state index contributed by atoms with van der Waals surface area (Å²) in [6.07, 6.45) is 6.14. The zero-order valence-corrected chi connectivity index (χ0v) is 19.5. The lowest BCUT2D eigenvalue weighted by atomic mass is 9.80. The highest BCUT2D eigenvalue weighted by Crippen LogP contribution is 2.30. The van der Waals surface area contributed by atoms with Gasteiger partial charge in [-0.05, 0) is 50.9 Å². The summed E-state index contributed by atoms with van der Waals surface area (Å²) >= 11 is 1.59. The number of rotatable bonds is 7. The third kappa shape index (κ3) is 5.70. The lowest BCUT2D eigenvalue weighted by molar-refractivity contribution is -0.128. The Hall–Kier alpha value is -2.96. The molecule has 9 heteroatoms. The SMILES string of the molecule is N#CCNC(=O)C1(NC(=O)c2ccc(-c3csc(NC4CCNCC4)n3)cc2)CCCCC1. The van der Waals surface area contributed by atoms with E-state index in [4.69, 9.17) is 10.2 Å². The number of thiazole rings is 1. The minimum Gasteiger partial charge on any atom is -0.359 e. The molecule has 1 aromatic heterocycles. The molecule has 174 valence electrons. The van der Waals surface area contributed by atoms with Crippen LogP contribution in [0.4, 0.5) is 5.13 Å². The number of hydrogen-bond donors (Lipinski definition) is 4. The van der Waals surface area contributed by atoms with Crippen molar-refractivity contribution in [3.8, 4) is 17.3 Å². The van der Waals surface area contributed by atoms with E-state index in [1.165, 1.54) is 0 Å². The number of carbonyl (C=O) groups excluding carboxylic acids is 2. The second kappa shape index (κ2) is 10.8. The molecule has 2 aliphatic rings. The van der Waals surface area contributed by atoms with Crippen molar-refractivity contribution in [2.45, 2.75) is 56.5 Å². The maximum Gasteiger partial charge on any atom is 0.252 e. The molecule has 1 saturated carbocycles. The van der Waals surface area contributed by atoms with Crippen LogP contribution in [0.15, 0.2) is 29.6 Å². The minimum absolute atomic E-state index is 0.0622. The molecule has 8 nitrogen and oxygen atoms in total. The van der Waals surface area contributed by atoms with Crippen LogP contribution in [0.5, 0.6) is 0 Å². The Morgan fingerprint density at radius 1 is 1.15 bits per heavy atom. The van der Waals surface area contributed by atoms with Crippen LogP contribution in [0, 0.1) is 11.3 Å². The summed E-state index contributed by atoms with van der Waals surface area (Å²) in [6.45, 7) is 1.99. The van der Waals surface area contributed by atoms with Gasteiger partial charge < -0.3 is 21.3 Å². The summed E-state index contributed by atoms with van der Waals surface area (Å²) in [5.41, 5.74) is 1.37. The number of piperidine rings is 1. The molecule has 4 N–H and O–H groups in total. The Bertz CT molecular complexity index is 1000. The van der Waals surface area contributed by atoms with Crippen LogP contribution in [-0.4, -0.2) is 48.0 Å². The van der Waals surface area contributed by atoms with Crippen molar-refractivity contribution in [1.29, 1.82) is 5.26 Å². The zero-order valence-electron chi connectivity index (χ0n) is 18.7.